The maximum Gasteiger partial charge on any atom is 0.409 e. The molecule has 0 spiro atoms. The predicted octanol–water partition coefficient (Wildman–Crippen LogP) is 6.47. The Bertz CT molecular complexity index is 1460. The summed E-state index contributed by atoms with van der Waals surface area (Å²) in [7, 11) is -0.661. The maximum atomic E-state index is 14.2. The van der Waals surface area contributed by atoms with Crippen molar-refractivity contribution in [3.8, 4) is 11.5 Å². The SMILES string of the molecule is COc1cc(C(=O)N2CCC(c3cncnc3)=CC2CO[Si](C)(C)C(C)(C)C)c(NC(=O)O)cc1OCc1ccccc1. The van der Waals surface area contributed by atoms with Gasteiger partial charge in [0.15, 0.2) is 19.8 Å². The van der Waals surface area contributed by atoms with Gasteiger partial charge in [-0.1, -0.05) is 57.2 Å². The van der Waals surface area contributed by atoms with E-state index in [2.05, 4.69) is 49.1 Å². The zero-order valence-corrected chi connectivity index (χ0v) is 26.6. The Balaban J connectivity index is 1.69. The number of methoxy groups -OCH3 is 1. The fourth-order valence-electron chi connectivity index (χ4n) is 4.54. The zero-order chi connectivity index (χ0) is 31.2. The van der Waals surface area contributed by atoms with Crippen molar-refractivity contribution >= 4 is 31.6 Å². The number of carbonyl (C=O) groups excluding carboxylic acids is 1. The number of aromatic nitrogens is 2. The average Bonchev–Trinajstić information content (AvgIpc) is 2.98. The van der Waals surface area contributed by atoms with Gasteiger partial charge in [-0.25, -0.2) is 14.8 Å². The molecule has 1 aromatic heterocycles. The molecule has 0 saturated heterocycles. The number of anilines is 1. The molecule has 0 bridgehead atoms. The van der Waals surface area contributed by atoms with Crippen molar-refractivity contribution in [2.75, 3.05) is 25.6 Å². The van der Waals surface area contributed by atoms with E-state index in [1.54, 1.807) is 17.3 Å². The summed E-state index contributed by atoms with van der Waals surface area (Å²) in [5, 5.41) is 12.0. The molecule has 10 nitrogen and oxygen atoms in total. The van der Waals surface area contributed by atoms with E-state index >= 15 is 0 Å². The topological polar surface area (TPSA) is 123 Å². The van der Waals surface area contributed by atoms with E-state index in [1.807, 2.05) is 36.4 Å². The monoisotopic (exact) mass is 604 g/mol. The molecular weight excluding hydrogens is 564 g/mol. The summed E-state index contributed by atoms with van der Waals surface area (Å²) in [6.07, 6.45) is 6.32. The maximum absolute atomic E-state index is 14.2. The summed E-state index contributed by atoms with van der Waals surface area (Å²) in [6, 6.07) is 12.2. The van der Waals surface area contributed by atoms with Crippen molar-refractivity contribution < 1.29 is 28.6 Å². The highest BCUT2D eigenvalue weighted by molar-refractivity contribution is 6.74. The van der Waals surface area contributed by atoms with Crippen LogP contribution in [0.5, 0.6) is 11.5 Å². The van der Waals surface area contributed by atoms with Gasteiger partial charge in [-0.05, 0) is 41.8 Å². The second-order valence-electron chi connectivity index (χ2n) is 12.0. The standard InChI is InChI=1S/C32H40N4O6Si/c1-32(2,3)43(5,6)42-20-25-14-23(24-17-33-21-34-18-24)12-13-36(25)30(37)26-15-28(40-4)29(16-27(26)35-31(38)39)41-19-22-10-8-7-9-11-22/h7-11,14-18,21,25,35H,12-13,19-20H2,1-6H3,(H,38,39). The van der Waals surface area contributed by atoms with E-state index in [9.17, 15) is 14.7 Å². The number of nitrogens with zero attached hydrogens (tertiary/aromatic N) is 3. The molecule has 228 valence electrons. The lowest BCUT2D eigenvalue weighted by Gasteiger charge is -2.40. The predicted molar refractivity (Wildman–Crippen MR) is 168 cm³/mol. The van der Waals surface area contributed by atoms with E-state index in [-0.39, 0.29) is 28.8 Å². The average molecular weight is 605 g/mol. The molecule has 11 heteroatoms. The number of carbonyl (C=O) groups is 2. The first-order valence-corrected chi connectivity index (χ1v) is 17.1. The van der Waals surface area contributed by atoms with Crippen molar-refractivity contribution in [1.82, 2.24) is 14.9 Å². The summed E-state index contributed by atoms with van der Waals surface area (Å²) >= 11 is 0. The normalized spacial score (nSPS) is 15.4. The highest BCUT2D eigenvalue weighted by atomic mass is 28.4. The lowest BCUT2D eigenvalue weighted by molar-refractivity contribution is 0.0654. The summed E-state index contributed by atoms with van der Waals surface area (Å²) in [6.45, 7) is 11.8. The van der Waals surface area contributed by atoms with Gasteiger partial charge < -0.3 is 23.9 Å². The van der Waals surface area contributed by atoms with Crippen LogP contribution in [0.25, 0.3) is 5.57 Å². The van der Waals surface area contributed by atoms with Gasteiger partial charge in [-0.2, -0.15) is 0 Å². The highest BCUT2D eigenvalue weighted by Crippen LogP contribution is 2.38. The molecule has 1 atom stereocenters. The van der Waals surface area contributed by atoms with E-state index in [0.29, 0.717) is 31.1 Å². The number of hydrogen-bond donors (Lipinski definition) is 2. The van der Waals surface area contributed by atoms with Crippen LogP contribution in [0.1, 0.15) is 48.7 Å². The van der Waals surface area contributed by atoms with Crippen LogP contribution in [0.2, 0.25) is 18.1 Å². The molecule has 2 heterocycles. The van der Waals surface area contributed by atoms with Crippen LogP contribution in [0.15, 0.2) is 67.3 Å². The van der Waals surface area contributed by atoms with Crippen LogP contribution >= 0.6 is 0 Å². The van der Waals surface area contributed by atoms with Crippen molar-refractivity contribution in [3.63, 3.8) is 0 Å². The lowest BCUT2D eigenvalue weighted by atomic mass is 9.97. The third-order valence-corrected chi connectivity index (χ3v) is 12.5. The third-order valence-electron chi connectivity index (χ3n) is 8.04. The van der Waals surface area contributed by atoms with Crippen LogP contribution in [-0.4, -0.2) is 66.6 Å². The first-order valence-electron chi connectivity index (χ1n) is 14.2. The molecule has 0 fully saturated rings. The van der Waals surface area contributed by atoms with Gasteiger partial charge in [0.2, 0.25) is 0 Å². The fourth-order valence-corrected chi connectivity index (χ4v) is 5.56. The Kier molecular flexibility index (Phi) is 9.87. The molecule has 4 rings (SSSR count). The number of rotatable bonds is 10. The van der Waals surface area contributed by atoms with Crippen LogP contribution in [0.4, 0.5) is 10.5 Å². The fraction of sp³-hybridized carbons (Fsp3) is 0.375. The van der Waals surface area contributed by atoms with Crippen molar-refractivity contribution in [1.29, 1.82) is 0 Å². The molecule has 1 unspecified atom stereocenters. The van der Waals surface area contributed by atoms with Crippen molar-refractivity contribution in [3.05, 3.63) is 84.0 Å². The lowest BCUT2D eigenvalue weighted by Crippen LogP contribution is -2.49. The molecule has 2 N–H and O–H groups in total. The largest absolute Gasteiger partial charge is 0.493 e. The first kappa shape index (κ1) is 31.7. The molecule has 3 aromatic rings. The van der Waals surface area contributed by atoms with Gasteiger partial charge in [0.05, 0.1) is 31.0 Å². The quantitative estimate of drug-likeness (QED) is 0.252. The van der Waals surface area contributed by atoms with E-state index in [1.165, 1.54) is 25.6 Å². The van der Waals surface area contributed by atoms with E-state index in [4.69, 9.17) is 13.9 Å². The number of hydrogen-bond acceptors (Lipinski definition) is 7. The second kappa shape index (κ2) is 13.4. The number of amides is 2. The molecule has 2 aromatic carbocycles. The van der Waals surface area contributed by atoms with Crippen LogP contribution in [-0.2, 0) is 11.0 Å². The van der Waals surface area contributed by atoms with Crippen LogP contribution < -0.4 is 14.8 Å². The van der Waals surface area contributed by atoms with E-state index in [0.717, 1.165) is 16.7 Å². The van der Waals surface area contributed by atoms with Gasteiger partial charge in [0.25, 0.3) is 5.91 Å². The summed E-state index contributed by atoms with van der Waals surface area (Å²) in [5.41, 5.74) is 3.11. The molecule has 2 amide bonds. The minimum Gasteiger partial charge on any atom is -0.493 e. The smallest absolute Gasteiger partial charge is 0.409 e. The molecule has 0 saturated carbocycles. The number of carboxylic acid groups (broad SMARTS) is 1. The number of benzene rings is 2. The molecule has 43 heavy (non-hydrogen) atoms. The van der Waals surface area contributed by atoms with Gasteiger partial charge in [-0.3, -0.25) is 10.1 Å². The summed E-state index contributed by atoms with van der Waals surface area (Å²) < 4.78 is 18.2. The number of nitrogens with one attached hydrogen (secondary N) is 1. The minimum absolute atomic E-state index is 0.0160. The molecule has 0 radical (unpaired) electrons. The van der Waals surface area contributed by atoms with E-state index < -0.39 is 20.5 Å². The first-order chi connectivity index (χ1) is 20.4. The van der Waals surface area contributed by atoms with Crippen molar-refractivity contribution in [2.24, 2.45) is 0 Å². The molecule has 0 aliphatic carbocycles. The second-order valence-corrected chi connectivity index (χ2v) is 16.8. The Morgan fingerprint density at radius 1 is 1.09 bits per heavy atom. The molecule has 1 aliphatic heterocycles. The summed E-state index contributed by atoms with van der Waals surface area (Å²) in [5.74, 6) is 0.286. The van der Waals surface area contributed by atoms with Gasteiger partial charge in [-0.15, -0.1) is 0 Å². The van der Waals surface area contributed by atoms with Gasteiger partial charge >= 0.3 is 6.09 Å². The Morgan fingerprint density at radius 2 is 1.79 bits per heavy atom. The minimum atomic E-state index is -2.14. The zero-order valence-electron chi connectivity index (χ0n) is 25.6. The molecular formula is C32H40N4O6Si. The van der Waals surface area contributed by atoms with Crippen LogP contribution in [0, 0.1) is 0 Å². The van der Waals surface area contributed by atoms with Gasteiger partial charge in [0.1, 0.15) is 12.9 Å². The Labute approximate surface area is 253 Å². The highest BCUT2D eigenvalue weighted by Gasteiger charge is 2.39. The Morgan fingerprint density at radius 3 is 2.42 bits per heavy atom. The van der Waals surface area contributed by atoms with Gasteiger partial charge in [0, 0.05) is 30.6 Å². The molecule has 1 aliphatic rings. The number of ether oxygens (including phenoxy) is 2. The third kappa shape index (κ3) is 7.79. The van der Waals surface area contributed by atoms with Crippen LogP contribution in [0.3, 0.4) is 0 Å². The van der Waals surface area contributed by atoms with Crippen molar-refractivity contribution in [2.45, 2.75) is 58.0 Å². The summed E-state index contributed by atoms with van der Waals surface area (Å²) in [4.78, 5) is 36.1. The Hall–Kier alpha value is -4.22.